The zero-order valence-corrected chi connectivity index (χ0v) is 23.3. The van der Waals surface area contributed by atoms with Crippen LogP contribution in [0.1, 0.15) is 71.5 Å². The predicted octanol–water partition coefficient (Wildman–Crippen LogP) is 8.54. The second-order valence-electron chi connectivity index (χ2n) is 11.3. The van der Waals surface area contributed by atoms with Gasteiger partial charge in [0.2, 0.25) is 0 Å². The topological polar surface area (TPSA) is 18.5 Å². The molecule has 2 fully saturated rings. The Balaban J connectivity index is 1.62. The van der Waals surface area contributed by atoms with E-state index in [1.54, 1.807) is 4.90 Å². The number of hydrogen-bond acceptors (Lipinski definition) is 3. The lowest BCUT2D eigenvalue weighted by atomic mass is 9.93. The maximum absolute atomic E-state index is 13.7. The number of alkyl halides is 12. The summed E-state index contributed by atoms with van der Waals surface area (Å²) in [5.74, 6) is 0. The van der Waals surface area contributed by atoms with Gasteiger partial charge >= 0.3 is 24.7 Å². The fourth-order valence-electron chi connectivity index (χ4n) is 5.96. The summed E-state index contributed by atoms with van der Waals surface area (Å²) in [4.78, 5) is 3.95. The van der Waals surface area contributed by atoms with Crippen molar-refractivity contribution in [2.75, 3.05) is 32.7 Å². The quantitative estimate of drug-likeness (QED) is 0.304. The number of piperazine rings is 1. The Hall–Kier alpha value is -2.52. The molecular weight excluding hydrogens is 618 g/mol. The van der Waals surface area contributed by atoms with Gasteiger partial charge in [-0.1, -0.05) is 19.3 Å². The standard InChI is InChI=1S/C29H31F12N3/c30-26(31,32)20-10-18(11-21(14-20)27(33,34)35)16-42-17-25(44-8-6-43(7-9-44)24-4-2-1-3-5-24)19-12-22(28(36,37)38)15-23(13-19)29(39,40)41/h10-15,24-25,42H,1-9,16-17H2. The van der Waals surface area contributed by atoms with E-state index in [9.17, 15) is 52.7 Å². The molecule has 2 aromatic carbocycles. The zero-order chi connectivity index (χ0) is 32.5. The summed E-state index contributed by atoms with van der Waals surface area (Å²) in [6.07, 6.45) is -15.1. The van der Waals surface area contributed by atoms with Crippen LogP contribution in [0, 0.1) is 0 Å². The van der Waals surface area contributed by atoms with Gasteiger partial charge in [-0.2, -0.15) is 52.7 Å². The molecule has 0 spiro atoms. The van der Waals surface area contributed by atoms with Crippen molar-refractivity contribution < 1.29 is 52.7 Å². The van der Waals surface area contributed by atoms with E-state index in [0.717, 1.165) is 32.1 Å². The van der Waals surface area contributed by atoms with Crippen LogP contribution in [0.2, 0.25) is 0 Å². The third kappa shape index (κ3) is 8.81. The van der Waals surface area contributed by atoms with E-state index in [-0.39, 0.29) is 24.2 Å². The van der Waals surface area contributed by atoms with Gasteiger partial charge in [0.15, 0.2) is 0 Å². The smallest absolute Gasteiger partial charge is 0.311 e. The molecule has 2 aliphatic rings. The summed E-state index contributed by atoms with van der Waals surface area (Å²) in [6.45, 7) is 0.727. The van der Waals surface area contributed by atoms with Crippen LogP contribution in [0.5, 0.6) is 0 Å². The highest BCUT2D eigenvalue weighted by atomic mass is 19.4. The van der Waals surface area contributed by atoms with Crippen LogP contribution in [0.3, 0.4) is 0 Å². The van der Waals surface area contributed by atoms with E-state index in [0.29, 0.717) is 56.5 Å². The van der Waals surface area contributed by atoms with Gasteiger partial charge in [0.1, 0.15) is 0 Å². The Morgan fingerprint density at radius 3 is 1.45 bits per heavy atom. The fourth-order valence-corrected chi connectivity index (χ4v) is 5.96. The highest BCUT2D eigenvalue weighted by molar-refractivity contribution is 5.36. The van der Waals surface area contributed by atoms with E-state index < -0.39 is 65.1 Å². The molecule has 1 unspecified atom stereocenters. The Morgan fingerprint density at radius 1 is 0.591 bits per heavy atom. The number of benzene rings is 2. The van der Waals surface area contributed by atoms with Crippen LogP contribution in [-0.2, 0) is 31.2 Å². The first-order valence-electron chi connectivity index (χ1n) is 14.1. The predicted molar refractivity (Wildman–Crippen MR) is 137 cm³/mol. The lowest BCUT2D eigenvalue weighted by Gasteiger charge is -2.43. The van der Waals surface area contributed by atoms with Gasteiger partial charge in [0.25, 0.3) is 0 Å². The first kappa shape index (κ1) is 34.4. The van der Waals surface area contributed by atoms with Gasteiger partial charge in [-0.3, -0.25) is 9.80 Å². The van der Waals surface area contributed by atoms with Gasteiger partial charge in [-0.15, -0.1) is 0 Å². The lowest BCUT2D eigenvalue weighted by molar-refractivity contribution is -0.144. The van der Waals surface area contributed by atoms with Crippen LogP contribution in [0.25, 0.3) is 0 Å². The minimum Gasteiger partial charge on any atom is -0.311 e. The summed E-state index contributed by atoms with van der Waals surface area (Å²) in [5, 5.41) is 2.69. The molecule has 1 aliphatic carbocycles. The lowest BCUT2D eigenvalue weighted by Crippen LogP contribution is -2.52. The molecule has 1 aliphatic heterocycles. The molecule has 1 N–H and O–H groups in total. The normalized spacial score (nSPS) is 19.4. The first-order chi connectivity index (χ1) is 20.3. The van der Waals surface area contributed by atoms with Gasteiger partial charge in [0, 0.05) is 51.4 Å². The van der Waals surface area contributed by atoms with Crippen LogP contribution >= 0.6 is 0 Å². The minimum atomic E-state index is -5.10. The van der Waals surface area contributed by atoms with Crippen molar-refractivity contribution >= 4 is 0 Å². The molecule has 0 radical (unpaired) electrons. The highest BCUT2D eigenvalue weighted by Crippen LogP contribution is 2.39. The molecule has 1 atom stereocenters. The molecule has 2 aromatic rings. The molecule has 3 nitrogen and oxygen atoms in total. The SMILES string of the molecule is FC(F)(F)c1cc(CNCC(c2cc(C(F)(F)F)cc(C(F)(F)F)c2)N2CCN(C3CCCCC3)CC2)cc(C(F)(F)F)c1. The van der Waals surface area contributed by atoms with Gasteiger partial charge in [-0.05, 0) is 60.4 Å². The number of halogens is 12. The van der Waals surface area contributed by atoms with E-state index >= 15 is 0 Å². The summed E-state index contributed by atoms with van der Waals surface area (Å²) in [6, 6.07) is 1.49. The van der Waals surface area contributed by atoms with Crippen molar-refractivity contribution in [2.45, 2.75) is 75.4 Å². The maximum atomic E-state index is 13.7. The average molecular weight is 650 g/mol. The van der Waals surface area contributed by atoms with Crippen LogP contribution in [-0.4, -0.2) is 48.6 Å². The van der Waals surface area contributed by atoms with Crippen molar-refractivity contribution in [1.82, 2.24) is 15.1 Å². The molecule has 0 aromatic heterocycles. The Bertz CT molecular complexity index is 1190. The first-order valence-corrected chi connectivity index (χ1v) is 14.1. The molecule has 15 heteroatoms. The van der Waals surface area contributed by atoms with Crippen molar-refractivity contribution in [2.24, 2.45) is 0 Å². The second-order valence-corrected chi connectivity index (χ2v) is 11.3. The van der Waals surface area contributed by atoms with E-state index in [1.807, 2.05) is 0 Å². The molecular formula is C29H31F12N3. The summed E-state index contributed by atoms with van der Waals surface area (Å²) in [7, 11) is 0. The average Bonchev–Trinajstić information content (AvgIpc) is 2.94. The Kier molecular flexibility index (Phi) is 10.2. The highest BCUT2D eigenvalue weighted by Gasteiger charge is 2.39. The summed E-state index contributed by atoms with van der Waals surface area (Å²) in [5.41, 5.74) is -6.81. The fraction of sp³-hybridized carbons (Fsp3) is 0.586. The number of rotatable bonds is 7. The van der Waals surface area contributed by atoms with E-state index in [4.69, 9.17) is 0 Å². The van der Waals surface area contributed by atoms with E-state index in [2.05, 4.69) is 10.2 Å². The van der Waals surface area contributed by atoms with Crippen LogP contribution < -0.4 is 5.32 Å². The molecule has 246 valence electrons. The Morgan fingerprint density at radius 2 is 1.02 bits per heavy atom. The van der Waals surface area contributed by atoms with E-state index in [1.165, 1.54) is 0 Å². The molecule has 1 saturated carbocycles. The maximum Gasteiger partial charge on any atom is 0.416 e. The van der Waals surface area contributed by atoms with Crippen LogP contribution in [0.15, 0.2) is 36.4 Å². The van der Waals surface area contributed by atoms with Crippen molar-refractivity contribution in [3.63, 3.8) is 0 Å². The molecule has 0 amide bonds. The summed E-state index contributed by atoms with van der Waals surface area (Å²) < 4.78 is 162. The monoisotopic (exact) mass is 649 g/mol. The molecule has 4 rings (SSSR count). The van der Waals surface area contributed by atoms with Crippen molar-refractivity contribution in [3.8, 4) is 0 Å². The molecule has 0 bridgehead atoms. The van der Waals surface area contributed by atoms with Crippen molar-refractivity contribution in [3.05, 3.63) is 69.8 Å². The van der Waals surface area contributed by atoms with Gasteiger partial charge in [-0.25, -0.2) is 0 Å². The van der Waals surface area contributed by atoms with Gasteiger partial charge in [0.05, 0.1) is 22.3 Å². The third-order valence-electron chi connectivity index (χ3n) is 8.19. The summed E-state index contributed by atoms with van der Waals surface area (Å²) >= 11 is 0. The molecule has 1 heterocycles. The largest absolute Gasteiger partial charge is 0.416 e. The van der Waals surface area contributed by atoms with Crippen molar-refractivity contribution in [1.29, 1.82) is 0 Å². The minimum absolute atomic E-state index is 0.0102. The number of nitrogens with one attached hydrogen (secondary N) is 1. The third-order valence-corrected chi connectivity index (χ3v) is 8.19. The Labute approximate surface area is 246 Å². The second kappa shape index (κ2) is 13.1. The van der Waals surface area contributed by atoms with Gasteiger partial charge < -0.3 is 5.32 Å². The number of nitrogens with zero attached hydrogens (tertiary/aromatic N) is 2. The molecule has 1 saturated heterocycles. The zero-order valence-electron chi connectivity index (χ0n) is 23.3. The number of hydrogen-bond donors (Lipinski definition) is 1. The van der Waals surface area contributed by atoms with Crippen LogP contribution in [0.4, 0.5) is 52.7 Å². The molecule has 44 heavy (non-hydrogen) atoms.